The Morgan fingerprint density at radius 3 is 1.51 bits per heavy atom. The van der Waals surface area contributed by atoms with Crippen LogP contribution in [-0.2, 0) is 38.1 Å². The van der Waals surface area contributed by atoms with Gasteiger partial charge < -0.3 is 18.9 Å². The maximum atomic E-state index is 12.5. The van der Waals surface area contributed by atoms with Gasteiger partial charge in [-0.05, 0) is 72.1 Å². The second-order valence-electron chi connectivity index (χ2n) is 8.57. The Labute approximate surface area is 209 Å². The summed E-state index contributed by atoms with van der Waals surface area (Å²) in [4.78, 5) is 47.0. The highest BCUT2D eigenvalue weighted by Crippen LogP contribution is 2.32. The fourth-order valence-electron chi connectivity index (χ4n) is 3.13. The van der Waals surface area contributed by atoms with E-state index in [2.05, 4.69) is 26.3 Å². The lowest BCUT2D eigenvalue weighted by atomic mass is 9.86. The Bertz CT molecular complexity index is 795. The number of esters is 4. The Hall–Kier alpha value is -3.16. The lowest BCUT2D eigenvalue weighted by molar-refractivity contribution is -0.159. The third-order valence-electron chi connectivity index (χ3n) is 5.06. The van der Waals surface area contributed by atoms with Crippen molar-refractivity contribution in [1.29, 1.82) is 0 Å². The van der Waals surface area contributed by atoms with Gasteiger partial charge in [-0.2, -0.15) is 0 Å². The molecule has 0 aliphatic rings. The molecule has 8 nitrogen and oxygen atoms in total. The number of rotatable bonds is 19. The molecule has 1 atom stereocenters. The number of unbranched alkanes of at least 4 members (excludes halogenated alkanes) is 2. The highest BCUT2D eigenvalue weighted by molar-refractivity contribution is 5.87. The van der Waals surface area contributed by atoms with E-state index < -0.39 is 29.5 Å². The van der Waals surface area contributed by atoms with Gasteiger partial charge in [-0.25, -0.2) is 19.2 Å². The quantitative estimate of drug-likeness (QED) is 0.108. The average Bonchev–Trinajstić information content (AvgIpc) is 2.80. The largest absolute Gasteiger partial charge is 0.463 e. The SMILES string of the molecule is C=CC(=O)OCCCC(CCCCCOC(=O)C(=C)C)(CCCOC(=O)C(=C)C)OC(=O)C(=C)C. The van der Waals surface area contributed by atoms with Crippen LogP contribution in [0.2, 0.25) is 0 Å². The topological polar surface area (TPSA) is 105 Å². The molecule has 0 saturated heterocycles. The Kier molecular flexibility index (Phi) is 15.7. The third-order valence-corrected chi connectivity index (χ3v) is 5.06. The summed E-state index contributed by atoms with van der Waals surface area (Å²) in [6, 6.07) is 0. The van der Waals surface area contributed by atoms with Crippen LogP contribution in [0, 0.1) is 0 Å². The van der Waals surface area contributed by atoms with Crippen molar-refractivity contribution in [3.05, 3.63) is 49.1 Å². The number of carbonyl (C=O) groups excluding carboxylic acids is 4. The molecule has 0 saturated carbocycles. The van der Waals surface area contributed by atoms with Crippen LogP contribution in [0.5, 0.6) is 0 Å². The van der Waals surface area contributed by atoms with Crippen molar-refractivity contribution in [3.8, 4) is 0 Å². The smallest absolute Gasteiger partial charge is 0.333 e. The van der Waals surface area contributed by atoms with Gasteiger partial charge in [-0.1, -0.05) is 26.3 Å². The van der Waals surface area contributed by atoms with E-state index in [4.69, 9.17) is 18.9 Å². The van der Waals surface area contributed by atoms with Gasteiger partial charge in [0.05, 0.1) is 19.8 Å². The summed E-state index contributed by atoms with van der Waals surface area (Å²) in [5, 5.41) is 0. The van der Waals surface area contributed by atoms with E-state index >= 15 is 0 Å². The summed E-state index contributed by atoms with van der Waals surface area (Å²) < 4.78 is 21.3. The Morgan fingerprint density at radius 2 is 1.06 bits per heavy atom. The molecular formula is C27H40O8. The maximum absolute atomic E-state index is 12.5. The van der Waals surface area contributed by atoms with Crippen LogP contribution in [0.25, 0.3) is 0 Å². The van der Waals surface area contributed by atoms with E-state index in [1.54, 1.807) is 20.8 Å². The first-order valence-electron chi connectivity index (χ1n) is 11.8. The van der Waals surface area contributed by atoms with Gasteiger partial charge in [0.2, 0.25) is 0 Å². The van der Waals surface area contributed by atoms with Gasteiger partial charge in [-0.3, -0.25) is 0 Å². The third kappa shape index (κ3) is 14.7. The first-order valence-corrected chi connectivity index (χ1v) is 11.8. The van der Waals surface area contributed by atoms with E-state index in [1.807, 2.05) is 0 Å². The van der Waals surface area contributed by atoms with Crippen LogP contribution >= 0.6 is 0 Å². The zero-order valence-corrected chi connectivity index (χ0v) is 21.4. The van der Waals surface area contributed by atoms with Gasteiger partial charge in [0, 0.05) is 22.8 Å². The molecule has 1 unspecified atom stereocenters. The average molecular weight is 493 g/mol. The summed E-state index contributed by atoms with van der Waals surface area (Å²) in [6.07, 6.45) is 5.52. The van der Waals surface area contributed by atoms with Crippen molar-refractivity contribution < 1.29 is 38.1 Å². The van der Waals surface area contributed by atoms with Gasteiger partial charge in [0.25, 0.3) is 0 Å². The van der Waals surface area contributed by atoms with E-state index in [0.29, 0.717) is 56.1 Å². The predicted molar refractivity (Wildman–Crippen MR) is 133 cm³/mol. The van der Waals surface area contributed by atoms with Gasteiger partial charge in [-0.15, -0.1) is 0 Å². The molecule has 0 amide bonds. The summed E-state index contributed by atoms with van der Waals surface area (Å²) in [5.41, 5.74) is 0.0649. The van der Waals surface area contributed by atoms with Crippen molar-refractivity contribution in [2.45, 2.75) is 77.7 Å². The lowest BCUT2D eigenvalue weighted by Gasteiger charge is -2.34. The maximum Gasteiger partial charge on any atom is 0.333 e. The molecule has 0 spiro atoms. The number of ether oxygens (including phenoxy) is 4. The minimum Gasteiger partial charge on any atom is -0.463 e. The minimum absolute atomic E-state index is 0.152. The van der Waals surface area contributed by atoms with Crippen molar-refractivity contribution in [3.63, 3.8) is 0 Å². The minimum atomic E-state index is -0.860. The second kappa shape index (κ2) is 17.3. The van der Waals surface area contributed by atoms with Crippen LogP contribution < -0.4 is 0 Å². The van der Waals surface area contributed by atoms with Gasteiger partial charge >= 0.3 is 23.9 Å². The van der Waals surface area contributed by atoms with E-state index in [1.165, 1.54) is 0 Å². The molecular weight excluding hydrogens is 452 g/mol. The van der Waals surface area contributed by atoms with Gasteiger partial charge in [0.1, 0.15) is 5.60 Å². The molecule has 0 radical (unpaired) electrons. The molecule has 8 heteroatoms. The lowest BCUT2D eigenvalue weighted by Crippen LogP contribution is -2.36. The van der Waals surface area contributed by atoms with Crippen molar-refractivity contribution >= 4 is 23.9 Å². The fraction of sp³-hybridized carbons (Fsp3) is 0.556. The van der Waals surface area contributed by atoms with Crippen LogP contribution in [0.15, 0.2) is 49.1 Å². The highest BCUT2D eigenvalue weighted by Gasteiger charge is 2.33. The number of carbonyl (C=O) groups is 4. The predicted octanol–water partition coefficient (Wildman–Crippen LogP) is 4.93. The van der Waals surface area contributed by atoms with Gasteiger partial charge in [0.15, 0.2) is 0 Å². The highest BCUT2D eigenvalue weighted by atomic mass is 16.6. The van der Waals surface area contributed by atoms with Crippen molar-refractivity contribution in [1.82, 2.24) is 0 Å². The molecule has 0 fully saturated rings. The van der Waals surface area contributed by atoms with Crippen molar-refractivity contribution in [2.75, 3.05) is 19.8 Å². The molecule has 0 aromatic heterocycles. The molecule has 0 bridgehead atoms. The normalized spacial score (nSPS) is 12.0. The summed E-state index contributed by atoms with van der Waals surface area (Å²) in [7, 11) is 0. The molecule has 0 rings (SSSR count). The standard InChI is InChI=1S/C27H40O8/c1-8-23(28)32-18-12-15-27(35-26(31)22(6)7,16-13-19-34-25(30)21(4)5)14-10-9-11-17-33-24(29)20(2)3/h8H,1-2,4,6,9-19H2,3,5,7H3. The van der Waals surface area contributed by atoms with Crippen LogP contribution in [0.4, 0.5) is 0 Å². The zero-order valence-electron chi connectivity index (χ0n) is 21.4. The van der Waals surface area contributed by atoms with E-state index in [0.717, 1.165) is 12.5 Å². The molecule has 0 aromatic carbocycles. The molecule has 196 valence electrons. The molecule has 0 heterocycles. The molecule has 0 aliphatic heterocycles. The fourth-order valence-corrected chi connectivity index (χ4v) is 3.13. The molecule has 35 heavy (non-hydrogen) atoms. The van der Waals surface area contributed by atoms with Crippen LogP contribution in [0.3, 0.4) is 0 Å². The Balaban J connectivity index is 5.21. The zero-order chi connectivity index (χ0) is 26.9. The molecule has 0 N–H and O–H groups in total. The number of hydrogen-bond acceptors (Lipinski definition) is 8. The second-order valence-corrected chi connectivity index (χ2v) is 8.57. The number of hydrogen-bond donors (Lipinski definition) is 0. The first-order chi connectivity index (χ1) is 16.4. The Morgan fingerprint density at radius 1 is 0.629 bits per heavy atom. The van der Waals surface area contributed by atoms with Crippen molar-refractivity contribution in [2.24, 2.45) is 0 Å². The summed E-state index contributed by atoms with van der Waals surface area (Å²) in [6.45, 7) is 19.5. The monoisotopic (exact) mass is 492 g/mol. The van der Waals surface area contributed by atoms with Crippen LogP contribution in [0.1, 0.15) is 72.1 Å². The van der Waals surface area contributed by atoms with Crippen LogP contribution in [-0.4, -0.2) is 49.3 Å². The molecule has 0 aliphatic carbocycles. The summed E-state index contributed by atoms with van der Waals surface area (Å²) >= 11 is 0. The summed E-state index contributed by atoms with van der Waals surface area (Å²) in [5.74, 6) is -1.93. The van der Waals surface area contributed by atoms with E-state index in [9.17, 15) is 19.2 Å². The molecule has 0 aromatic rings. The first kappa shape index (κ1) is 31.8. The van der Waals surface area contributed by atoms with E-state index in [-0.39, 0.29) is 25.4 Å².